The van der Waals surface area contributed by atoms with Crippen molar-refractivity contribution in [2.24, 2.45) is 22.2 Å². The topological polar surface area (TPSA) is 145 Å². The van der Waals surface area contributed by atoms with Gasteiger partial charge in [0.15, 0.2) is 5.84 Å². The maximum atomic E-state index is 13.9. The zero-order valence-electron chi connectivity index (χ0n) is 20.2. The van der Waals surface area contributed by atoms with Gasteiger partial charge in [0.2, 0.25) is 10.0 Å². The number of hydrogen-bond donors (Lipinski definition) is 3. The van der Waals surface area contributed by atoms with Crippen molar-refractivity contribution in [3.8, 4) is 0 Å². The van der Waals surface area contributed by atoms with Gasteiger partial charge in [-0.25, -0.2) is 17.5 Å². The summed E-state index contributed by atoms with van der Waals surface area (Å²) in [4.78, 5) is 15.4. The number of fused-ring (bicyclic) bond motifs is 6. The Balaban J connectivity index is 1.39. The van der Waals surface area contributed by atoms with E-state index in [4.69, 9.17) is 0 Å². The number of rotatable bonds is 6. The molecule has 2 aliphatic heterocycles. The largest absolute Gasteiger partial charge is 0.511 e. The number of nitrogens with zero attached hydrogens (tertiary/aromatic N) is 2. The lowest BCUT2D eigenvalue weighted by Gasteiger charge is -2.44. The molecule has 2 bridgehead atoms. The fourth-order valence-corrected chi connectivity index (χ4v) is 9.35. The van der Waals surface area contributed by atoms with Gasteiger partial charge in [0.1, 0.15) is 27.0 Å². The van der Waals surface area contributed by atoms with Crippen LogP contribution in [0, 0.1) is 23.6 Å². The zero-order valence-corrected chi connectivity index (χ0v) is 22.7. The summed E-state index contributed by atoms with van der Waals surface area (Å²) < 4.78 is 69.2. The van der Waals surface area contributed by atoms with Crippen LogP contribution >= 0.6 is 11.3 Å². The molecule has 0 saturated heterocycles. The third kappa shape index (κ3) is 4.23. The minimum Gasteiger partial charge on any atom is -0.511 e. The highest BCUT2D eigenvalue weighted by atomic mass is 32.2. The molecular weight excluding hydrogens is 555 g/mol. The molecule has 2 fully saturated rings. The van der Waals surface area contributed by atoms with Crippen LogP contribution in [0.4, 0.5) is 9.39 Å². The SMILES string of the molecule is CS(=O)(=O)NCc1csc2c1S(=O)(=O)N=C(C1=C(O)[C@@H]3[C@@H]4CC[C@@H](C4)[C@@H]3N(Cc3ccc(F)cc3)C1=O)N2. The van der Waals surface area contributed by atoms with E-state index < -0.39 is 31.8 Å². The molecule has 4 aliphatic rings. The van der Waals surface area contributed by atoms with Crippen molar-refractivity contribution in [2.75, 3.05) is 11.6 Å². The molecular formula is C24H25FN4O6S3. The van der Waals surface area contributed by atoms with Gasteiger partial charge in [0, 0.05) is 30.6 Å². The Labute approximate surface area is 223 Å². The summed E-state index contributed by atoms with van der Waals surface area (Å²) in [5.74, 6) is -1.29. The van der Waals surface area contributed by atoms with Gasteiger partial charge in [-0.3, -0.25) is 4.79 Å². The lowest BCUT2D eigenvalue weighted by molar-refractivity contribution is -0.134. The fraction of sp³-hybridized carbons (Fsp3) is 0.417. The Morgan fingerprint density at radius 2 is 1.95 bits per heavy atom. The van der Waals surface area contributed by atoms with Crippen molar-refractivity contribution in [3.63, 3.8) is 0 Å². The minimum atomic E-state index is -4.31. The number of benzene rings is 1. The monoisotopic (exact) mass is 580 g/mol. The summed E-state index contributed by atoms with van der Waals surface area (Å²) in [6.07, 6.45) is 3.69. The van der Waals surface area contributed by atoms with E-state index in [1.165, 1.54) is 17.5 Å². The molecule has 0 radical (unpaired) electrons. The molecule has 10 nitrogen and oxygen atoms in total. The normalized spacial score (nSPS) is 27.7. The first kappa shape index (κ1) is 25.5. The lowest BCUT2D eigenvalue weighted by Crippen LogP contribution is -2.53. The highest BCUT2D eigenvalue weighted by Gasteiger charge is 2.57. The van der Waals surface area contributed by atoms with E-state index in [-0.39, 0.29) is 69.5 Å². The smallest absolute Gasteiger partial charge is 0.287 e. The average Bonchev–Trinajstić information content (AvgIpc) is 3.56. The number of anilines is 1. The number of aliphatic hydroxyl groups is 1. The first-order chi connectivity index (χ1) is 17.9. The fourth-order valence-electron chi connectivity index (χ4n) is 6.32. The van der Waals surface area contributed by atoms with Crippen LogP contribution in [-0.2, 0) is 37.9 Å². The third-order valence-corrected chi connectivity index (χ3v) is 11.0. The second kappa shape index (κ2) is 8.86. The van der Waals surface area contributed by atoms with Crippen LogP contribution in [-0.4, -0.2) is 50.9 Å². The van der Waals surface area contributed by atoms with E-state index in [1.54, 1.807) is 17.0 Å². The van der Waals surface area contributed by atoms with Crippen LogP contribution < -0.4 is 10.0 Å². The van der Waals surface area contributed by atoms with Crippen molar-refractivity contribution in [1.82, 2.24) is 9.62 Å². The standard InChI is InChI=1S/C24H25FN4O6S3/c1-37(32,33)26-9-15-11-36-23-21(15)38(34,35)28-22(27-23)18-20(30)17-13-4-5-14(8-13)19(17)29(24(18)31)10-12-2-6-16(25)7-3-12/h2-3,6-7,11,13-14,17,19,26,30H,4-5,8-10H2,1H3,(H,27,28)/t13-,14+,17-,19+/m1/s1. The van der Waals surface area contributed by atoms with Crippen LogP contribution in [0.15, 0.2) is 50.3 Å². The Morgan fingerprint density at radius 1 is 1.24 bits per heavy atom. The molecule has 4 atom stereocenters. The van der Waals surface area contributed by atoms with E-state index in [1.807, 2.05) is 0 Å². The number of thiophene rings is 1. The van der Waals surface area contributed by atoms with Gasteiger partial charge < -0.3 is 15.3 Å². The number of carbonyl (C=O) groups is 1. The second-order valence-electron chi connectivity index (χ2n) is 10.2. The summed E-state index contributed by atoms with van der Waals surface area (Å²) in [5.41, 5.74) is 0.765. The van der Waals surface area contributed by atoms with Crippen molar-refractivity contribution >= 4 is 48.1 Å². The lowest BCUT2D eigenvalue weighted by atomic mass is 9.77. The quantitative estimate of drug-likeness (QED) is 0.476. The summed E-state index contributed by atoms with van der Waals surface area (Å²) in [6.45, 7) is -0.0482. The molecule has 202 valence electrons. The highest BCUT2D eigenvalue weighted by Crippen LogP contribution is 2.55. The molecule has 6 rings (SSSR count). The van der Waals surface area contributed by atoms with Gasteiger partial charge in [-0.2, -0.15) is 8.42 Å². The molecule has 2 aliphatic carbocycles. The summed E-state index contributed by atoms with van der Waals surface area (Å²) >= 11 is 1.04. The van der Waals surface area contributed by atoms with E-state index >= 15 is 0 Å². The molecule has 1 amide bonds. The first-order valence-electron chi connectivity index (χ1n) is 12.1. The zero-order chi connectivity index (χ0) is 27.0. The third-order valence-electron chi connectivity index (χ3n) is 7.83. The molecule has 1 aromatic carbocycles. The van der Waals surface area contributed by atoms with Crippen molar-refractivity contribution in [1.29, 1.82) is 0 Å². The molecule has 38 heavy (non-hydrogen) atoms. The Bertz CT molecular complexity index is 1610. The maximum Gasteiger partial charge on any atom is 0.287 e. The summed E-state index contributed by atoms with van der Waals surface area (Å²) in [7, 11) is -7.87. The summed E-state index contributed by atoms with van der Waals surface area (Å²) in [6, 6.07) is 5.62. The molecule has 2 saturated carbocycles. The Hall–Kier alpha value is -2.81. The van der Waals surface area contributed by atoms with Crippen LogP contribution in [0.2, 0.25) is 0 Å². The number of amides is 1. The average molecular weight is 581 g/mol. The number of carbonyl (C=O) groups excluding carboxylic acids is 1. The molecule has 3 heterocycles. The van der Waals surface area contributed by atoms with Crippen molar-refractivity contribution < 1.29 is 31.1 Å². The predicted molar refractivity (Wildman–Crippen MR) is 139 cm³/mol. The number of sulfonamides is 2. The number of hydrogen-bond acceptors (Lipinski definition) is 8. The number of aliphatic hydroxyl groups excluding tert-OH is 1. The minimum absolute atomic E-state index is 0.150. The van der Waals surface area contributed by atoms with Gasteiger partial charge in [-0.15, -0.1) is 15.7 Å². The van der Waals surface area contributed by atoms with Crippen LogP contribution in [0.3, 0.4) is 0 Å². The van der Waals surface area contributed by atoms with E-state index in [9.17, 15) is 31.1 Å². The van der Waals surface area contributed by atoms with Gasteiger partial charge in [-0.1, -0.05) is 12.1 Å². The van der Waals surface area contributed by atoms with Crippen LogP contribution in [0.5, 0.6) is 0 Å². The number of nitrogens with one attached hydrogen (secondary N) is 2. The molecule has 1 aromatic heterocycles. The Kier molecular flexibility index (Phi) is 5.94. The van der Waals surface area contributed by atoms with E-state index in [0.717, 1.165) is 42.4 Å². The molecule has 3 N–H and O–H groups in total. The van der Waals surface area contributed by atoms with Crippen LogP contribution in [0.1, 0.15) is 30.4 Å². The molecule has 0 spiro atoms. The molecule has 2 aromatic rings. The first-order valence-corrected chi connectivity index (χ1v) is 16.3. The van der Waals surface area contributed by atoms with Crippen molar-refractivity contribution in [3.05, 3.63) is 57.9 Å². The number of halogens is 1. The van der Waals surface area contributed by atoms with Gasteiger partial charge in [0.05, 0.1) is 6.26 Å². The van der Waals surface area contributed by atoms with Gasteiger partial charge in [-0.05, 0) is 54.2 Å². The molecule has 0 unspecified atom stereocenters. The highest BCUT2D eigenvalue weighted by molar-refractivity contribution is 7.91. The predicted octanol–water partition coefficient (Wildman–Crippen LogP) is 2.72. The number of amidine groups is 1. The Morgan fingerprint density at radius 3 is 2.66 bits per heavy atom. The van der Waals surface area contributed by atoms with Gasteiger partial charge >= 0.3 is 0 Å². The van der Waals surface area contributed by atoms with Crippen molar-refractivity contribution in [2.45, 2.75) is 43.3 Å². The van der Waals surface area contributed by atoms with Gasteiger partial charge in [0.25, 0.3) is 15.9 Å². The molecule has 14 heteroatoms. The maximum absolute atomic E-state index is 13.9. The van der Waals surface area contributed by atoms with E-state index in [0.29, 0.717) is 0 Å². The van der Waals surface area contributed by atoms with E-state index in [2.05, 4.69) is 14.4 Å². The second-order valence-corrected chi connectivity index (χ2v) is 14.5. The van der Waals surface area contributed by atoms with Crippen LogP contribution in [0.25, 0.3) is 0 Å². The summed E-state index contributed by atoms with van der Waals surface area (Å²) in [5, 5.41) is 16.0.